The van der Waals surface area contributed by atoms with Gasteiger partial charge in [0, 0.05) is 42.0 Å². The Bertz CT molecular complexity index is 1500. The van der Waals surface area contributed by atoms with E-state index in [2.05, 4.69) is 15.5 Å². The van der Waals surface area contributed by atoms with Crippen molar-refractivity contribution in [1.82, 2.24) is 15.1 Å². The number of urea groups is 1. The summed E-state index contributed by atoms with van der Waals surface area (Å²) in [4.78, 5) is 16.3. The van der Waals surface area contributed by atoms with Gasteiger partial charge in [0.2, 0.25) is 0 Å². The first-order valence-electron chi connectivity index (χ1n) is 11.8. The van der Waals surface area contributed by atoms with E-state index in [4.69, 9.17) is 0 Å². The van der Waals surface area contributed by atoms with Crippen LogP contribution in [0.15, 0.2) is 66.7 Å². The van der Waals surface area contributed by atoms with Crippen LogP contribution in [0.5, 0.6) is 0 Å². The first-order valence-corrected chi connectivity index (χ1v) is 11.8. The molecule has 12 heteroatoms. The number of hydrogen-bond acceptors (Lipinski definition) is 4. The monoisotopic (exact) mass is 563 g/mol. The second-order valence-corrected chi connectivity index (χ2v) is 9.04. The number of rotatable bonds is 3. The number of halogens is 6. The molecule has 0 aliphatic carbocycles. The molecular formula is C27H23ClF5N5O. The number of carbonyl (C=O) groups is 1. The number of nitrogens with zero attached hydrogens (tertiary/aromatic N) is 4. The van der Waals surface area contributed by atoms with Crippen LogP contribution in [0.4, 0.5) is 38.3 Å². The van der Waals surface area contributed by atoms with Crippen LogP contribution in [0.2, 0.25) is 0 Å². The van der Waals surface area contributed by atoms with E-state index >= 15 is 0 Å². The quantitative estimate of drug-likeness (QED) is 0.280. The highest BCUT2D eigenvalue weighted by Crippen LogP contribution is 2.34. The largest absolute Gasteiger partial charge is 0.416 e. The average Bonchev–Trinajstić information content (AvgIpc) is 2.89. The van der Waals surface area contributed by atoms with Crippen molar-refractivity contribution in [3.8, 4) is 11.3 Å². The summed E-state index contributed by atoms with van der Waals surface area (Å²) in [5.74, 6) is -0.880. The van der Waals surface area contributed by atoms with E-state index in [0.29, 0.717) is 24.1 Å². The fraction of sp³-hybridized carbons (Fsp3) is 0.222. The van der Waals surface area contributed by atoms with Gasteiger partial charge in [0.25, 0.3) is 0 Å². The highest BCUT2D eigenvalue weighted by molar-refractivity contribution is 6.00. The molecule has 1 unspecified atom stereocenters. The molecule has 1 aliphatic heterocycles. The second-order valence-electron chi connectivity index (χ2n) is 9.04. The lowest BCUT2D eigenvalue weighted by atomic mass is 10.0. The number of nitrogens with one attached hydrogen (secondary N) is 1. The van der Waals surface area contributed by atoms with E-state index in [1.54, 1.807) is 12.1 Å². The van der Waals surface area contributed by atoms with Crippen molar-refractivity contribution in [2.45, 2.75) is 19.1 Å². The Kier molecular flexibility index (Phi) is 7.91. The SMILES string of the molecule is CC1CN(C(=O)Nc2ccc(C(F)(F)F)cc2F)CCN1c1nnc(-c2ccc(F)cc2)c2ccccc12.Cl. The summed E-state index contributed by atoms with van der Waals surface area (Å²) >= 11 is 0. The molecule has 3 aromatic carbocycles. The Morgan fingerprint density at radius 1 is 0.949 bits per heavy atom. The lowest BCUT2D eigenvalue weighted by molar-refractivity contribution is -0.137. The van der Waals surface area contributed by atoms with Crippen molar-refractivity contribution in [2.24, 2.45) is 0 Å². The molecule has 39 heavy (non-hydrogen) atoms. The van der Waals surface area contributed by atoms with E-state index in [1.807, 2.05) is 36.1 Å². The number of amides is 2. The predicted octanol–water partition coefficient (Wildman–Crippen LogP) is 6.76. The van der Waals surface area contributed by atoms with Crippen LogP contribution >= 0.6 is 12.4 Å². The van der Waals surface area contributed by atoms with Crippen LogP contribution in [0.3, 0.4) is 0 Å². The molecule has 0 spiro atoms. The number of fused-ring (bicyclic) bond motifs is 1. The highest BCUT2D eigenvalue weighted by atomic mass is 35.5. The van der Waals surface area contributed by atoms with Gasteiger partial charge < -0.3 is 15.1 Å². The fourth-order valence-electron chi connectivity index (χ4n) is 4.57. The Balaban J connectivity index is 0.00000353. The lowest BCUT2D eigenvalue weighted by Crippen LogP contribution is -2.55. The molecule has 2 amide bonds. The number of aromatic nitrogens is 2. The van der Waals surface area contributed by atoms with Crippen molar-refractivity contribution in [1.29, 1.82) is 0 Å². The molecule has 6 nitrogen and oxygen atoms in total. The molecule has 204 valence electrons. The van der Waals surface area contributed by atoms with Crippen molar-refractivity contribution in [3.63, 3.8) is 0 Å². The summed E-state index contributed by atoms with van der Waals surface area (Å²) in [5.41, 5.74) is -0.111. The molecule has 0 saturated carbocycles. The average molecular weight is 564 g/mol. The third-order valence-corrected chi connectivity index (χ3v) is 6.51. The fourth-order valence-corrected chi connectivity index (χ4v) is 4.57. The first kappa shape index (κ1) is 28.0. The van der Waals surface area contributed by atoms with Crippen molar-refractivity contribution < 1.29 is 26.7 Å². The minimum atomic E-state index is -4.68. The van der Waals surface area contributed by atoms with E-state index in [-0.39, 0.29) is 43.0 Å². The maximum Gasteiger partial charge on any atom is 0.416 e. The minimum Gasteiger partial charge on any atom is -0.348 e. The number of piperazine rings is 1. The number of benzene rings is 3. The van der Waals surface area contributed by atoms with Crippen LogP contribution in [-0.4, -0.2) is 46.8 Å². The van der Waals surface area contributed by atoms with Crippen molar-refractivity contribution in [3.05, 3.63) is 83.9 Å². The van der Waals surface area contributed by atoms with Crippen molar-refractivity contribution >= 4 is 40.7 Å². The summed E-state index contributed by atoms with van der Waals surface area (Å²) in [6.45, 7) is 2.85. The Morgan fingerprint density at radius 3 is 2.28 bits per heavy atom. The van der Waals surface area contributed by atoms with E-state index < -0.39 is 23.6 Å². The van der Waals surface area contributed by atoms with Gasteiger partial charge in [-0.3, -0.25) is 0 Å². The van der Waals surface area contributed by atoms with Crippen LogP contribution in [0.1, 0.15) is 12.5 Å². The van der Waals surface area contributed by atoms with Gasteiger partial charge >= 0.3 is 12.2 Å². The molecule has 1 fully saturated rings. The smallest absolute Gasteiger partial charge is 0.348 e. The topological polar surface area (TPSA) is 61.4 Å². The highest BCUT2D eigenvalue weighted by Gasteiger charge is 2.32. The summed E-state index contributed by atoms with van der Waals surface area (Å²) in [6, 6.07) is 14.8. The predicted molar refractivity (Wildman–Crippen MR) is 141 cm³/mol. The van der Waals surface area contributed by atoms with Crippen LogP contribution in [-0.2, 0) is 6.18 Å². The molecule has 0 bridgehead atoms. The Hall–Kier alpha value is -3.99. The summed E-state index contributed by atoms with van der Waals surface area (Å²) in [5, 5.41) is 13.0. The third-order valence-electron chi connectivity index (χ3n) is 6.51. The Morgan fingerprint density at radius 2 is 1.64 bits per heavy atom. The third kappa shape index (κ3) is 5.73. The number of anilines is 2. The van der Waals surface area contributed by atoms with E-state index in [1.165, 1.54) is 17.0 Å². The van der Waals surface area contributed by atoms with Gasteiger partial charge in [-0.2, -0.15) is 13.2 Å². The van der Waals surface area contributed by atoms with Gasteiger partial charge in [-0.1, -0.05) is 24.3 Å². The van der Waals surface area contributed by atoms with Gasteiger partial charge in [-0.15, -0.1) is 22.6 Å². The summed E-state index contributed by atoms with van der Waals surface area (Å²) < 4.78 is 66.0. The zero-order valence-corrected chi connectivity index (χ0v) is 21.4. The zero-order valence-electron chi connectivity index (χ0n) is 20.5. The second kappa shape index (κ2) is 11.0. The number of carbonyl (C=O) groups excluding carboxylic acids is 1. The lowest BCUT2D eigenvalue weighted by Gasteiger charge is -2.40. The number of hydrogen-bond donors (Lipinski definition) is 1. The summed E-state index contributed by atoms with van der Waals surface area (Å²) in [7, 11) is 0. The van der Waals surface area contributed by atoms with Gasteiger partial charge in [-0.05, 0) is 49.4 Å². The molecular weight excluding hydrogens is 541 g/mol. The molecule has 1 aliphatic rings. The molecule has 4 aromatic rings. The number of alkyl halides is 3. The van der Waals surface area contributed by atoms with E-state index in [9.17, 15) is 26.7 Å². The molecule has 5 rings (SSSR count). The summed E-state index contributed by atoms with van der Waals surface area (Å²) in [6.07, 6.45) is -4.68. The molecule has 1 atom stereocenters. The molecule has 1 aromatic heterocycles. The zero-order chi connectivity index (χ0) is 27.0. The van der Waals surface area contributed by atoms with Crippen LogP contribution in [0.25, 0.3) is 22.0 Å². The minimum absolute atomic E-state index is 0. The van der Waals surface area contributed by atoms with Gasteiger partial charge in [0.05, 0.1) is 11.3 Å². The standard InChI is InChI=1S/C27H22F5N5O.ClH/c1-16-15-36(26(38)33-23-11-8-18(14-22(23)29)27(30,31)32)12-13-37(16)25-21-5-3-2-4-20(21)24(34-35-25)17-6-9-19(28)10-7-17;/h2-11,14,16H,12-13,15H2,1H3,(H,33,38);1H. The maximum atomic E-state index is 14.2. The molecule has 1 saturated heterocycles. The van der Waals surface area contributed by atoms with Gasteiger partial charge in [0.1, 0.15) is 17.3 Å². The van der Waals surface area contributed by atoms with Gasteiger partial charge in [-0.25, -0.2) is 13.6 Å². The van der Waals surface area contributed by atoms with Gasteiger partial charge in [0.15, 0.2) is 5.82 Å². The maximum absolute atomic E-state index is 14.2. The van der Waals surface area contributed by atoms with E-state index in [0.717, 1.165) is 28.5 Å². The Labute approximate surface area is 226 Å². The molecule has 0 radical (unpaired) electrons. The first-order chi connectivity index (χ1) is 18.1. The normalized spacial score (nSPS) is 15.7. The van der Waals surface area contributed by atoms with Crippen molar-refractivity contribution in [2.75, 3.05) is 29.9 Å². The molecule has 1 N–H and O–H groups in total. The van der Waals surface area contributed by atoms with Crippen LogP contribution in [0, 0.1) is 11.6 Å². The molecule has 2 heterocycles. The van der Waals surface area contributed by atoms with Crippen LogP contribution < -0.4 is 10.2 Å².